The van der Waals surface area contributed by atoms with Gasteiger partial charge in [0.15, 0.2) is 5.78 Å². The molecule has 1 aromatic rings. The van der Waals surface area contributed by atoms with Gasteiger partial charge in [-0.3, -0.25) is 4.79 Å². The predicted molar refractivity (Wildman–Crippen MR) is 70.6 cm³/mol. The highest BCUT2D eigenvalue weighted by Crippen LogP contribution is 2.41. The third-order valence-electron chi connectivity index (χ3n) is 4.25. The molecule has 0 bridgehead atoms. The van der Waals surface area contributed by atoms with Gasteiger partial charge >= 0.3 is 0 Å². The van der Waals surface area contributed by atoms with Crippen molar-refractivity contribution in [2.75, 3.05) is 0 Å². The second-order valence-corrected chi connectivity index (χ2v) is 5.39. The molecule has 1 atom stereocenters. The molecule has 0 fully saturated rings. The lowest BCUT2D eigenvalue weighted by molar-refractivity contribution is -0.116. The summed E-state index contributed by atoms with van der Waals surface area (Å²) in [7, 11) is 0. The third kappa shape index (κ3) is 2.07. The minimum atomic E-state index is 0.322. The van der Waals surface area contributed by atoms with Crippen molar-refractivity contribution in [2.45, 2.75) is 44.4 Å². The van der Waals surface area contributed by atoms with Crippen LogP contribution in [-0.2, 0) is 4.79 Å². The van der Waals surface area contributed by atoms with Crippen LogP contribution in [0.4, 0.5) is 0 Å². The summed E-state index contributed by atoms with van der Waals surface area (Å²) in [6, 6.07) is 7.53. The first-order valence-electron chi connectivity index (χ1n) is 6.77. The van der Waals surface area contributed by atoms with Crippen LogP contribution >= 0.6 is 0 Å². The van der Waals surface area contributed by atoms with Gasteiger partial charge in [-0.1, -0.05) is 17.7 Å². The number of phenolic OH excluding ortho intramolecular Hbond substituents is 1. The van der Waals surface area contributed by atoms with Crippen LogP contribution in [0.15, 0.2) is 35.4 Å². The molecule has 2 aliphatic carbocycles. The second-order valence-electron chi connectivity index (χ2n) is 5.39. The summed E-state index contributed by atoms with van der Waals surface area (Å²) >= 11 is 0. The standard InChI is InChI=1S/C16H18O2/c17-14-7-4-11(5-8-14)12-6-9-15-13(10-12)2-1-3-16(15)18/h4-5,7-8,12,17H,1-3,6,9-10H2. The van der Waals surface area contributed by atoms with E-state index in [1.54, 1.807) is 12.1 Å². The lowest BCUT2D eigenvalue weighted by Crippen LogP contribution is -2.18. The van der Waals surface area contributed by atoms with Crippen molar-refractivity contribution in [2.24, 2.45) is 0 Å². The number of benzene rings is 1. The van der Waals surface area contributed by atoms with Crippen LogP contribution in [0.2, 0.25) is 0 Å². The Labute approximate surface area is 107 Å². The number of allylic oxidation sites excluding steroid dienone is 2. The summed E-state index contributed by atoms with van der Waals surface area (Å²) in [6.45, 7) is 0. The molecule has 1 N–H and O–H groups in total. The summed E-state index contributed by atoms with van der Waals surface area (Å²) in [5.74, 6) is 1.23. The average Bonchev–Trinajstić information content (AvgIpc) is 2.39. The van der Waals surface area contributed by atoms with Crippen LogP contribution < -0.4 is 0 Å². The van der Waals surface area contributed by atoms with Gasteiger partial charge in [-0.15, -0.1) is 0 Å². The minimum absolute atomic E-state index is 0.322. The van der Waals surface area contributed by atoms with Crippen molar-refractivity contribution in [3.63, 3.8) is 0 Å². The topological polar surface area (TPSA) is 37.3 Å². The molecule has 1 aromatic carbocycles. The van der Waals surface area contributed by atoms with Gasteiger partial charge in [0, 0.05) is 6.42 Å². The number of ketones is 1. The zero-order valence-electron chi connectivity index (χ0n) is 10.5. The molecule has 0 radical (unpaired) electrons. The fourth-order valence-corrected chi connectivity index (χ4v) is 3.25. The number of phenols is 1. The third-order valence-corrected chi connectivity index (χ3v) is 4.25. The summed E-state index contributed by atoms with van der Waals surface area (Å²) < 4.78 is 0. The Hall–Kier alpha value is -1.57. The van der Waals surface area contributed by atoms with E-state index in [-0.39, 0.29) is 0 Å². The number of carbonyl (C=O) groups is 1. The van der Waals surface area contributed by atoms with Crippen molar-refractivity contribution < 1.29 is 9.90 Å². The number of Topliss-reactive ketones (excluding diaryl/α,β-unsaturated/α-hetero) is 1. The Morgan fingerprint density at radius 1 is 1.06 bits per heavy atom. The fraction of sp³-hybridized carbons (Fsp3) is 0.438. The average molecular weight is 242 g/mol. The predicted octanol–water partition coefficient (Wildman–Crippen LogP) is 3.71. The Bertz CT molecular complexity index is 496. The second kappa shape index (κ2) is 4.60. The zero-order valence-corrected chi connectivity index (χ0v) is 10.5. The van der Waals surface area contributed by atoms with E-state index in [2.05, 4.69) is 0 Å². The molecular weight excluding hydrogens is 224 g/mol. The van der Waals surface area contributed by atoms with Gasteiger partial charge in [0.1, 0.15) is 5.75 Å². The quantitative estimate of drug-likeness (QED) is 0.815. The molecule has 0 aliphatic heterocycles. The summed E-state index contributed by atoms with van der Waals surface area (Å²) in [6.07, 6.45) is 5.93. The van der Waals surface area contributed by atoms with Crippen molar-refractivity contribution >= 4 is 5.78 Å². The fourth-order valence-electron chi connectivity index (χ4n) is 3.25. The van der Waals surface area contributed by atoms with Gasteiger partial charge in [0.25, 0.3) is 0 Å². The van der Waals surface area contributed by atoms with Crippen LogP contribution in [-0.4, -0.2) is 10.9 Å². The van der Waals surface area contributed by atoms with Gasteiger partial charge < -0.3 is 5.11 Å². The van der Waals surface area contributed by atoms with Crippen LogP contribution in [0.5, 0.6) is 5.75 Å². The van der Waals surface area contributed by atoms with E-state index < -0.39 is 0 Å². The molecule has 0 saturated carbocycles. The maximum absolute atomic E-state index is 11.8. The molecule has 2 nitrogen and oxygen atoms in total. The van der Waals surface area contributed by atoms with E-state index >= 15 is 0 Å². The largest absolute Gasteiger partial charge is 0.508 e. The van der Waals surface area contributed by atoms with E-state index in [1.807, 2.05) is 12.1 Å². The smallest absolute Gasteiger partial charge is 0.158 e. The normalized spacial score (nSPS) is 24.0. The molecule has 94 valence electrons. The van der Waals surface area contributed by atoms with E-state index in [0.717, 1.165) is 44.1 Å². The summed E-state index contributed by atoms with van der Waals surface area (Å²) in [5, 5.41) is 9.32. The van der Waals surface area contributed by atoms with Crippen molar-refractivity contribution in [3.8, 4) is 5.75 Å². The lowest BCUT2D eigenvalue weighted by atomic mass is 9.75. The van der Waals surface area contributed by atoms with Crippen molar-refractivity contribution in [3.05, 3.63) is 41.0 Å². The molecule has 2 heteroatoms. The molecule has 0 aromatic heterocycles. The van der Waals surface area contributed by atoms with Crippen LogP contribution in [0.25, 0.3) is 0 Å². The van der Waals surface area contributed by atoms with E-state index in [0.29, 0.717) is 17.5 Å². The maximum atomic E-state index is 11.8. The molecular formula is C16H18O2. The Morgan fingerprint density at radius 3 is 2.61 bits per heavy atom. The Kier molecular flexibility index (Phi) is 2.94. The number of carbonyl (C=O) groups excluding carboxylic acids is 1. The van der Waals surface area contributed by atoms with Gasteiger partial charge in [0.2, 0.25) is 0 Å². The minimum Gasteiger partial charge on any atom is -0.508 e. The monoisotopic (exact) mass is 242 g/mol. The molecule has 1 unspecified atom stereocenters. The highest BCUT2D eigenvalue weighted by molar-refractivity contribution is 5.97. The maximum Gasteiger partial charge on any atom is 0.158 e. The zero-order chi connectivity index (χ0) is 12.5. The van der Waals surface area contributed by atoms with E-state index in [9.17, 15) is 9.90 Å². The highest BCUT2D eigenvalue weighted by atomic mass is 16.3. The molecule has 18 heavy (non-hydrogen) atoms. The number of hydrogen-bond donors (Lipinski definition) is 1. The van der Waals surface area contributed by atoms with Gasteiger partial charge in [-0.05, 0) is 61.3 Å². The lowest BCUT2D eigenvalue weighted by Gasteiger charge is -2.29. The Morgan fingerprint density at radius 2 is 1.83 bits per heavy atom. The molecule has 0 heterocycles. The first-order valence-corrected chi connectivity index (χ1v) is 6.77. The molecule has 0 saturated heterocycles. The number of rotatable bonds is 1. The van der Waals surface area contributed by atoms with Crippen LogP contribution in [0.3, 0.4) is 0 Å². The number of hydrogen-bond acceptors (Lipinski definition) is 2. The van der Waals surface area contributed by atoms with E-state index in [4.69, 9.17) is 0 Å². The first kappa shape index (κ1) is 11.5. The molecule has 3 rings (SSSR count). The van der Waals surface area contributed by atoms with Crippen molar-refractivity contribution in [1.82, 2.24) is 0 Å². The first-order chi connectivity index (χ1) is 8.74. The van der Waals surface area contributed by atoms with Gasteiger partial charge in [-0.25, -0.2) is 0 Å². The van der Waals surface area contributed by atoms with Crippen LogP contribution in [0.1, 0.15) is 50.0 Å². The molecule has 0 spiro atoms. The Balaban J connectivity index is 1.82. The molecule has 0 amide bonds. The highest BCUT2D eigenvalue weighted by Gasteiger charge is 2.27. The van der Waals surface area contributed by atoms with Gasteiger partial charge in [0.05, 0.1) is 0 Å². The van der Waals surface area contributed by atoms with Gasteiger partial charge in [-0.2, -0.15) is 0 Å². The SMILES string of the molecule is O=C1CCCC2=C1CCC(c1ccc(O)cc1)C2. The van der Waals surface area contributed by atoms with Crippen molar-refractivity contribution in [1.29, 1.82) is 0 Å². The summed E-state index contributed by atoms with van der Waals surface area (Å²) in [4.78, 5) is 11.8. The van der Waals surface area contributed by atoms with Crippen LogP contribution in [0, 0.1) is 0 Å². The molecule has 2 aliphatic rings. The summed E-state index contributed by atoms with van der Waals surface area (Å²) in [5.41, 5.74) is 3.82. The number of aromatic hydroxyl groups is 1. The van der Waals surface area contributed by atoms with E-state index in [1.165, 1.54) is 11.1 Å².